The standard InChI is InChI=1S/C18H13NO2S/c20-14-3-1-11-2-4-17-16(18(21)15(11)8-14)7-13(9-19-17)12-5-6-22-10-12/h1-9,12,19H,10H2. The van der Waals surface area contributed by atoms with Crippen LogP contribution in [0, 0.1) is 0 Å². The molecule has 0 saturated heterocycles. The van der Waals surface area contributed by atoms with E-state index >= 15 is 0 Å². The van der Waals surface area contributed by atoms with Gasteiger partial charge in [-0.1, -0.05) is 18.2 Å². The summed E-state index contributed by atoms with van der Waals surface area (Å²) in [5, 5.41) is 3.98. The predicted molar refractivity (Wildman–Crippen MR) is 92.7 cm³/mol. The van der Waals surface area contributed by atoms with Crippen LogP contribution in [0.1, 0.15) is 11.5 Å². The zero-order valence-corrected chi connectivity index (χ0v) is 12.5. The van der Waals surface area contributed by atoms with Crippen molar-refractivity contribution in [2.75, 3.05) is 5.75 Å². The Morgan fingerprint density at radius 2 is 1.91 bits per heavy atom. The molecule has 1 unspecified atom stereocenters. The monoisotopic (exact) mass is 307 g/mol. The average Bonchev–Trinajstić information content (AvgIpc) is 3.03. The molecule has 3 aromatic rings. The lowest BCUT2D eigenvalue weighted by molar-refractivity contribution is 0.990. The van der Waals surface area contributed by atoms with E-state index < -0.39 is 0 Å². The number of pyridine rings is 1. The van der Waals surface area contributed by atoms with Crippen molar-refractivity contribution in [3.05, 3.63) is 80.1 Å². The highest BCUT2D eigenvalue weighted by Crippen LogP contribution is 2.30. The van der Waals surface area contributed by atoms with E-state index in [9.17, 15) is 9.59 Å². The van der Waals surface area contributed by atoms with Crippen LogP contribution in [0.3, 0.4) is 0 Å². The zero-order valence-electron chi connectivity index (χ0n) is 11.7. The normalized spacial score (nSPS) is 17.4. The number of benzene rings is 1. The van der Waals surface area contributed by atoms with Gasteiger partial charge < -0.3 is 4.98 Å². The average molecular weight is 307 g/mol. The van der Waals surface area contributed by atoms with Gasteiger partial charge in [0.1, 0.15) is 0 Å². The third-order valence-electron chi connectivity index (χ3n) is 4.05. The first-order valence-electron chi connectivity index (χ1n) is 7.10. The number of aromatic nitrogens is 1. The van der Waals surface area contributed by atoms with Gasteiger partial charge in [0.25, 0.3) is 0 Å². The number of thioether (sulfide) groups is 1. The fraction of sp³-hybridized carbons (Fsp3) is 0.111. The molecule has 1 aliphatic heterocycles. The van der Waals surface area contributed by atoms with E-state index in [0.29, 0.717) is 16.7 Å². The third kappa shape index (κ3) is 2.16. The van der Waals surface area contributed by atoms with Gasteiger partial charge in [-0.25, -0.2) is 0 Å². The Balaban J connectivity index is 2.08. The minimum atomic E-state index is -0.140. The van der Waals surface area contributed by atoms with Crippen LogP contribution >= 0.6 is 11.8 Å². The van der Waals surface area contributed by atoms with Crippen molar-refractivity contribution >= 4 is 33.4 Å². The molecule has 2 heterocycles. The van der Waals surface area contributed by atoms with Crippen LogP contribution in [0.25, 0.3) is 21.7 Å². The molecule has 1 aliphatic rings. The summed E-state index contributed by atoms with van der Waals surface area (Å²) in [7, 11) is 0. The second kappa shape index (κ2) is 5.14. The molecular formula is C18H13NO2S. The summed E-state index contributed by atoms with van der Waals surface area (Å²) in [6.07, 6.45) is 4.12. The second-order valence-corrected chi connectivity index (χ2v) is 6.38. The van der Waals surface area contributed by atoms with Crippen molar-refractivity contribution in [1.82, 2.24) is 4.98 Å². The van der Waals surface area contributed by atoms with Crippen LogP contribution in [-0.2, 0) is 0 Å². The lowest BCUT2D eigenvalue weighted by Gasteiger charge is -2.07. The van der Waals surface area contributed by atoms with Crippen molar-refractivity contribution in [3.63, 3.8) is 0 Å². The van der Waals surface area contributed by atoms with Crippen LogP contribution in [-0.4, -0.2) is 10.7 Å². The van der Waals surface area contributed by atoms with Crippen molar-refractivity contribution in [2.45, 2.75) is 5.92 Å². The molecule has 22 heavy (non-hydrogen) atoms. The van der Waals surface area contributed by atoms with Gasteiger partial charge in [0, 0.05) is 34.2 Å². The summed E-state index contributed by atoms with van der Waals surface area (Å²) in [6.45, 7) is 0. The molecule has 3 nitrogen and oxygen atoms in total. The van der Waals surface area contributed by atoms with E-state index in [1.54, 1.807) is 17.8 Å². The van der Waals surface area contributed by atoms with Crippen LogP contribution in [0.2, 0.25) is 0 Å². The fourth-order valence-electron chi connectivity index (χ4n) is 2.83. The number of aromatic amines is 1. The molecule has 4 heteroatoms. The van der Waals surface area contributed by atoms with E-state index in [-0.39, 0.29) is 10.9 Å². The first-order valence-corrected chi connectivity index (χ1v) is 8.15. The molecular weight excluding hydrogens is 294 g/mol. The summed E-state index contributed by atoms with van der Waals surface area (Å²) in [4.78, 5) is 27.6. The summed E-state index contributed by atoms with van der Waals surface area (Å²) in [5.74, 6) is 1.33. The molecule has 108 valence electrons. The Bertz CT molecular complexity index is 1040. The molecule has 0 amide bonds. The maximum Gasteiger partial charge on any atom is 0.195 e. The smallest absolute Gasteiger partial charge is 0.195 e. The molecule has 0 radical (unpaired) electrons. The van der Waals surface area contributed by atoms with E-state index in [1.807, 2.05) is 24.4 Å². The Kier molecular flexibility index (Phi) is 3.12. The van der Waals surface area contributed by atoms with Crippen molar-refractivity contribution in [3.8, 4) is 0 Å². The highest BCUT2D eigenvalue weighted by molar-refractivity contribution is 8.02. The topological polar surface area (TPSA) is 49.9 Å². The van der Waals surface area contributed by atoms with E-state index in [1.165, 1.54) is 12.1 Å². The molecule has 1 N–H and O–H groups in total. The Morgan fingerprint density at radius 1 is 1.05 bits per heavy atom. The minimum Gasteiger partial charge on any atom is -0.361 e. The molecule has 1 aromatic heterocycles. The second-order valence-electron chi connectivity index (χ2n) is 5.44. The first-order chi connectivity index (χ1) is 10.7. The van der Waals surface area contributed by atoms with Crippen LogP contribution < -0.4 is 10.9 Å². The lowest BCUT2D eigenvalue weighted by Crippen LogP contribution is -2.05. The lowest BCUT2D eigenvalue weighted by atomic mass is 10.0. The van der Waals surface area contributed by atoms with Crippen molar-refractivity contribution in [2.24, 2.45) is 0 Å². The molecule has 0 spiro atoms. The van der Waals surface area contributed by atoms with Crippen molar-refractivity contribution in [1.29, 1.82) is 0 Å². The Labute approximate surface area is 130 Å². The van der Waals surface area contributed by atoms with Crippen LogP contribution in [0.5, 0.6) is 0 Å². The number of nitrogens with one attached hydrogen (secondary N) is 1. The predicted octanol–water partition coefficient (Wildman–Crippen LogP) is 3.39. The summed E-state index contributed by atoms with van der Waals surface area (Å²) in [5.41, 5.74) is 1.65. The maximum absolute atomic E-state index is 12.8. The molecule has 0 fully saturated rings. The highest BCUT2D eigenvalue weighted by atomic mass is 32.2. The van der Waals surface area contributed by atoms with Gasteiger partial charge >= 0.3 is 0 Å². The van der Waals surface area contributed by atoms with Gasteiger partial charge in [-0.15, -0.1) is 11.8 Å². The number of rotatable bonds is 1. The van der Waals surface area contributed by atoms with Crippen LogP contribution in [0.15, 0.2) is 63.7 Å². The Morgan fingerprint density at radius 3 is 2.73 bits per heavy atom. The summed E-state index contributed by atoms with van der Waals surface area (Å²) < 4.78 is 0. The molecule has 4 rings (SSSR count). The summed E-state index contributed by atoms with van der Waals surface area (Å²) >= 11 is 1.78. The minimum absolute atomic E-state index is 0.0968. The third-order valence-corrected chi connectivity index (χ3v) is 4.95. The van der Waals surface area contributed by atoms with Gasteiger partial charge in [-0.2, -0.15) is 0 Å². The Hall–Kier alpha value is -2.33. The van der Waals surface area contributed by atoms with E-state index in [2.05, 4.69) is 16.5 Å². The number of hydrogen-bond acceptors (Lipinski definition) is 3. The molecule has 1 atom stereocenters. The number of allylic oxidation sites excluding steroid dienone is 1. The van der Waals surface area contributed by atoms with Crippen LogP contribution in [0.4, 0.5) is 0 Å². The van der Waals surface area contributed by atoms with Gasteiger partial charge in [-0.05, 0) is 40.6 Å². The molecule has 0 bridgehead atoms. The number of H-pyrrole nitrogens is 1. The van der Waals surface area contributed by atoms with Crippen molar-refractivity contribution < 1.29 is 0 Å². The van der Waals surface area contributed by atoms with Gasteiger partial charge in [0.15, 0.2) is 10.9 Å². The SMILES string of the molecule is O=c1ccc2ccc3[nH]cc(C4C=CSC4)cc3c(=O)c2c1. The fourth-order valence-corrected chi connectivity index (χ4v) is 3.76. The number of hydrogen-bond donors (Lipinski definition) is 1. The largest absolute Gasteiger partial charge is 0.361 e. The molecule has 0 aliphatic carbocycles. The maximum atomic E-state index is 12.8. The summed E-state index contributed by atoms with van der Waals surface area (Å²) in [6, 6.07) is 10.3. The quantitative estimate of drug-likeness (QED) is 0.750. The molecule has 0 saturated carbocycles. The van der Waals surface area contributed by atoms with Gasteiger partial charge in [-0.3, -0.25) is 9.59 Å². The van der Waals surface area contributed by atoms with Gasteiger partial charge in [0.05, 0.1) is 0 Å². The highest BCUT2D eigenvalue weighted by Gasteiger charge is 2.13. The number of fused-ring (bicyclic) bond motifs is 2. The zero-order chi connectivity index (χ0) is 15.1. The molecule has 2 aromatic carbocycles. The van der Waals surface area contributed by atoms with E-state index in [4.69, 9.17) is 0 Å². The van der Waals surface area contributed by atoms with Gasteiger partial charge in [0.2, 0.25) is 0 Å². The van der Waals surface area contributed by atoms with E-state index in [0.717, 1.165) is 22.2 Å². The first kappa shape index (κ1) is 13.3.